The van der Waals surface area contributed by atoms with Crippen LogP contribution in [0.4, 0.5) is 11.4 Å². The van der Waals surface area contributed by atoms with Crippen molar-refractivity contribution in [1.29, 1.82) is 0 Å². The van der Waals surface area contributed by atoms with Crippen LogP contribution in [-0.2, 0) is 16.2 Å². The highest BCUT2D eigenvalue weighted by molar-refractivity contribution is 5.96. The molecule has 296 valence electrons. The smallest absolute Gasteiger partial charge is 0.0725 e. The van der Waals surface area contributed by atoms with Crippen LogP contribution < -0.4 is 4.90 Å². The summed E-state index contributed by atoms with van der Waals surface area (Å²) in [6.07, 6.45) is 6.64. The Kier molecular flexibility index (Phi) is 7.76. The third-order valence-corrected chi connectivity index (χ3v) is 14.8. The summed E-state index contributed by atoms with van der Waals surface area (Å²) in [6, 6.07) is 68.2. The maximum absolute atomic E-state index is 4.29. The first-order valence-corrected chi connectivity index (χ1v) is 22.0. The Balaban J connectivity index is 0.985. The van der Waals surface area contributed by atoms with Crippen LogP contribution in [0.3, 0.4) is 0 Å². The van der Waals surface area contributed by atoms with E-state index in [-0.39, 0.29) is 16.2 Å². The Bertz CT molecular complexity index is 3190. The van der Waals surface area contributed by atoms with Gasteiger partial charge in [0.15, 0.2) is 0 Å². The first-order valence-electron chi connectivity index (χ1n) is 22.0. The van der Waals surface area contributed by atoms with Crippen LogP contribution in [0.25, 0.3) is 50.1 Å². The van der Waals surface area contributed by atoms with Crippen LogP contribution in [0.2, 0.25) is 0 Å². The molecule has 62 heavy (non-hydrogen) atoms. The van der Waals surface area contributed by atoms with E-state index in [0.717, 1.165) is 11.4 Å². The van der Waals surface area contributed by atoms with Crippen LogP contribution in [0, 0.1) is 0 Å². The molecule has 0 saturated carbocycles. The first kappa shape index (κ1) is 36.6. The number of rotatable bonds is 6. The van der Waals surface area contributed by atoms with E-state index in [1.165, 1.54) is 100 Å². The van der Waals surface area contributed by atoms with E-state index in [1.807, 2.05) is 6.08 Å². The molecule has 1 nitrogen and oxygen atoms in total. The van der Waals surface area contributed by atoms with Crippen molar-refractivity contribution in [2.45, 2.75) is 43.9 Å². The second-order valence-electron chi connectivity index (χ2n) is 18.5. The number of hydrogen-bond donors (Lipinski definition) is 0. The molecule has 4 aliphatic carbocycles. The molecule has 0 aliphatic heterocycles. The maximum atomic E-state index is 4.29. The fraction of sp³-hybridized carbons (Fsp3) is 0.115. The number of hydrogen-bond acceptors (Lipinski definition) is 1. The van der Waals surface area contributed by atoms with Gasteiger partial charge >= 0.3 is 0 Å². The van der Waals surface area contributed by atoms with Crippen molar-refractivity contribution in [3.63, 3.8) is 0 Å². The minimum absolute atomic E-state index is 0.111. The average molecular weight is 794 g/mol. The Hall–Kier alpha value is -7.22. The molecule has 4 aliphatic rings. The maximum Gasteiger partial charge on any atom is 0.0725 e. The van der Waals surface area contributed by atoms with Crippen LogP contribution >= 0.6 is 0 Å². The van der Waals surface area contributed by atoms with Gasteiger partial charge in [0.1, 0.15) is 0 Å². The van der Waals surface area contributed by atoms with E-state index in [9.17, 15) is 0 Å². The second-order valence-corrected chi connectivity index (χ2v) is 18.5. The van der Waals surface area contributed by atoms with Gasteiger partial charge in [-0.3, -0.25) is 0 Å². The molecule has 12 rings (SSSR count). The van der Waals surface area contributed by atoms with Crippen LogP contribution in [0.5, 0.6) is 0 Å². The van der Waals surface area contributed by atoms with E-state index in [2.05, 4.69) is 233 Å². The van der Waals surface area contributed by atoms with Crippen LogP contribution in [0.1, 0.15) is 72.2 Å². The van der Waals surface area contributed by atoms with Crippen molar-refractivity contribution in [3.8, 4) is 44.5 Å². The summed E-state index contributed by atoms with van der Waals surface area (Å²) in [5.74, 6) is 0. The molecule has 0 unspecified atom stereocenters. The van der Waals surface area contributed by atoms with Crippen molar-refractivity contribution in [3.05, 3.63) is 257 Å². The third-order valence-electron chi connectivity index (χ3n) is 14.8. The van der Waals surface area contributed by atoms with E-state index in [0.29, 0.717) is 0 Å². The molecular weight excluding hydrogens is 747 g/mol. The quantitative estimate of drug-likeness (QED) is 0.162. The van der Waals surface area contributed by atoms with E-state index >= 15 is 0 Å². The van der Waals surface area contributed by atoms with Gasteiger partial charge in [-0.1, -0.05) is 192 Å². The molecule has 0 aromatic heterocycles. The Morgan fingerprint density at radius 2 is 0.823 bits per heavy atom. The lowest BCUT2D eigenvalue weighted by Crippen LogP contribution is -2.25. The minimum atomic E-state index is -0.371. The molecule has 8 aromatic carbocycles. The molecule has 0 amide bonds. The summed E-state index contributed by atoms with van der Waals surface area (Å²) in [6.45, 7) is 13.7. The summed E-state index contributed by atoms with van der Waals surface area (Å²) < 4.78 is 0. The van der Waals surface area contributed by atoms with Gasteiger partial charge in [0.2, 0.25) is 0 Å². The summed E-state index contributed by atoms with van der Waals surface area (Å²) in [5.41, 5.74) is 25.2. The standard InChI is InChI=1S/C61H47N/c1-6-43-44-17-7-12-22-51(44)59(2,3)53(43)35-36-62(42-32-34-49-45-18-8-13-23-52(45)60(4,5)57(49)38-42)41-30-27-39(28-31-41)40-29-33-50-48-21-11-16-26-56(48)61(58(50)37-40)54-24-14-9-19-46(54)47-20-10-15-25-55(47)61/h6-38H,1H2,2-5H3. The minimum Gasteiger partial charge on any atom is -0.317 e. The third kappa shape index (κ3) is 4.85. The number of benzene rings is 8. The highest BCUT2D eigenvalue weighted by Gasteiger charge is 2.51. The lowest BCUT2D eigenvalue weighted by atomic mass is 9.70. The van der Waals surface area contributed by atoms with Crippen molar-refractivity contribution < 1.29 is 0 Å². The fourth-order valence-corrected chi connectivity index (χ4v) is 11.8. The van der Waals surface area contributed by atoms with E-state index in [1.54, 1.807) is 0 Å². The molecule has 0 N–H and O–H groups in total. The summed E-state index contributed by atoms with van der Waals surface area (Å²) in [7, 11) is 0. The molecule has 0 saturated heterocycles. The topological polar surface area (TPSA) is 3.24 Å². The highest BCUT2D eigenvalue weighted by Crippen LogP contribution is 2.63. The monoisotopic (exact) mass is 793 g/mol. The molecule has 1 spiro atoms. The first-order chi connectivity index (χ1) is 30.2. The number of anilines is 2. The lowest BCUT2D eigenvalue weighted by molar-refractivity contribution is 0.654. The van der Waals surface area contributed by atoms with Gasteiger partial charge in [0.25, 0.3) is 0 Å². The van der Waals surface area contributed by atoms with Crippen molar-refractivity contribution >= 4 is 16.9 Å². The Labute approximate surface area is 365 Å². The molecule has 0 radical (unpaired) electrons. The SMILES string of the molecule is C=CC1=C(C=CN(c2ccc(-c3ccc4c(c3)C3(c5ccccc5-c5ccccc53)c3ccccc3-4)cc2)c2ccc3c(c2)C(C)(C)c2ccccc2-3)C(C)(C)c2ccccc21. The lowest BCUT2D eigenvalue weighted by Gasteiger charge is -2.30. The van der Waals surface area contributed by atoms with Gasteiger partial charge in [-0.15, -0.1) is 0 Å². The summed E-state index contributed by atoms with van der Waals surface area (Å²) in [5, 5.41) is 0. The van der Waals surface area contributed by atoms with Gasteiger partial charge in [0.05, 0.1) is 5.41 Å². The molecule has 0 atom stereocenters. The second kappa shape index (κ2) is 13.1. The van der Waals surface area contributed by atoms with Crippen LogP contribution in [0.15, 0.2) is 212 Å². The predicted octanol–water partition coefficient (Wildman–Crippen LogP) is 15.6. The highest BCUT2D eigenvalue weighted by atomic mass is 15.1. The summed E-state index contributed by atoms with van der Waals surface area (Å²) in [4.78, 5) is 2.37. The van der Waals surface area contributed by atoms with Crippen molar-refractivity contribution in [1.82, 2.24) is 0 Å². The molecule has 1 heteroatoms. The normalized spacial score (nSPS) is 16.1. The van der Waals surface area contributed by atoms with Crippen LogP contribution in [-0.4, -0.2) is 0 Å². The summed E-state index contributed by atoms with van der Waals surface area (Å²) >= 11 is 0. The van der Waals surface area contributed by atoms with Crippen molar-refractivity contribution in [2.75, 3.05) is 4.90 Å². The predicted molar refractivity (Wildman–Crippen MR) is 260 cm³/mol. The van der Waals surface area contributed by atoms with E-state index in [4.69, 9.17) is 0 Å². The van der Waals surface area contributed by atoms with Gasteiger partial charge in [0, 0.05) is 28.4 Å². The molecular formula is C61H47N. The average Bonchev–Trinajstić information content (AvgIpc) is 3.94. The number of allylic oxidation sites excluding steroid dienone is 4. The zero-order chi connectivity index (χ0) is 42.0. The molecule has 0 bridgehead atoms. The van der Waals surface area contributed by atoms with Gasteiger partial charge in [-0.05, 0) is 137 Å². The Morgan fingerprint density at radius 1 is 0.387 bits per heavy atom. The van der Waals surface area contributed by atoms with Crippen molar-refractivity contribution in [2.24, 2.45) is 0 Å². The zero-order valence-corrected chi connectivity index (χ0v) is 35.7. The molecule has 0 fully saturated rings. The fourth-order valence-electron chi connectivity index (χ4n) is 11.8. The molecule has 8 aromatic rings. The number of fused-ring (bicyclic) bond motifs is 14. The van der Waals surface area contributed by atoms with Gasteiger partial charge in [-0.25, -0.2) is 0 Å². The van der Waals surface area contributed by atoms with Gasteiger partial charge < -0.3 is 4.90 Å². The zero-order valence-electron chi connectivity index (χ0n) is 35.7. The largest absolute Gasteiger partial charge is 0.317 e. The van der Waals surface area contributed by atoms with E-state index < -0.39 is 0 Å². The Morgan fingerprint density at radius 3 is 1.40 bits per heavy atom. The molecule has 0 heterocycles. The van der Waals surface area contributed by atoms with Gasteiger partial charge in [-0.2, -0.15) is 0 Å². The number of nitrogens with zero attached hydrogens (tertiary/aromatic N) is 1.